The number of amides is 1. The highest BCUT2D eigenvalue weighted by Crippen LogP contribution is 2.20. The molecule has 2 N–H and O–H groups in total. The van der Waals surface area contributed by atoms with E-state index in [1.807, 2.05) is 0 Å². The maximum absolute atomic E-state index is 12.1. The Morgan fingerprint density at radius 3 is 2.57 bits per heavy atom. The van der Waals surface area contributed by atoms with Crippen LogP contribution in [0.3, 0.4) is 0 Å². The summed E-state index contributed by atoms with van der Waals surface area (Å²) in [7, 11) is -1.97. The number of ether oxygens (including phenoxy) is 1. The topological polar surface area (TPSA) is 84.5 Å². The number of carbonyl (C=O) groups excluding carboxylic acids is 1. The van der Waals surface area contributed by atoms with Crippen molar-refractivity contribution in [1.82, 2.24) is 5.32 Å². The predicted octanol–water partition coefficient (Wildman–Crippen LogP) is 1.85. The van der Waals surface area contributed by atoms with Crippen molar-refractivity contribution < 1.29 is 17.9 Å². The Hall–Kier alpha value is -1.90. The van der Waals surface area contributed by atoms with Crippen LogP contribution in [0.25, 0.3) is 0 Å². The standard InChI is InChI=1S/C15H18N2O4S2/c1-21-9-8-16-14(18)11-12-4-6-13(7-5-12)17-23(19,20)15-3-2-10-22-15/h2-7,10,17H,8-9,11H2,1H3,(H,16,18). The average Bonchev–Trinajstić information content (AvgIpc) is 3.04. The first-order valence-electron chi connectivity index (χ1n) is 6.92. The maximum atomic E-state index is 12.1. The van der Waals surface area contributed by atoms with Gasteiger partial charge in [0.2, 0.25) is 5.91 Å². The molecule has 8 heteroatoms. The van der Waals surface area contributed by atoms with Crippen LogP contribution in [0.15, 0.2) is 46.0 Å². The Labute approximate surface area is 139 Å². The van der Waals surface area contributed by atoms with Gasteiger partial charge in [-0.15, -0.1) is 11.3 Å². The molecule has 0 saturated carbocycles. The highest BCUT2D eigenvalue weighted by molar-refractivity contribution is 7.94. The summed E-state index contributed by atoms with van der Waals surface area (Å²) in [4.78, 5) is 11.7. The molecule has 1 heterocycles. The van der Waals surface area contributed by atoms with Gasteiger partial charge in [0.15, 0.2) is 0 Å². The molecule has 0 bridgehead atoms. The Morgan fingerprint density at radius 2 is 1.96 bits per heavy atom. The minimum Gasteiger partial charge on any atom is -0.383 e. The smallest absolute Gasteiger partial charge is 0.271 e. The van der Waals surface area contributed by atoms with E-state index in [1.165, 1.54) is 0 Å². The Kier molecular flexibility index (Phi) is 6.14. The number of anilines is 1. The Morgan fingerprint density at radius 1 is 1.22 bits per heavy atom. The first-order chi connectivity index (χ1) is 11.0. The number of hydrogen-bond acceptors (Lipinski definition) is 5. The number of rotatable bonds is 8. The molecule has 6 nitrogen and oxygen atoms in total. The summed E-state index contributed by atoms with van der Waals surface area (Å²) in [5, 5.41) is 4.44. The summed E-state index contributed by atoms with van der Waals surface area (Å²) in [5.74, 6) is -0.103. The lowest BCUT2D eigenvalue weighted by Gasteiger charge is -2.08. The zero-order valence-corrected chi connectivity index (χ0v) is 14.2. The van der Waals surface area contributed by atoms with Crippen molar-refractivity contribution in [2.24, 2.45) is 0 Å². The normalized spacial score (nSPS) is 11.2. The molecule has 0 radical (unpaired) electrons. The summed E-state index contributed by atoms with van der Waals surface area (Å²) in [6.07, 6.45) is 0.238. The van der Waals surface area contributed by atoms with Gasteiger partial charge in [-0.1, -0.05) is 18.2 Å². The van der Waals surface area contributed by atoms with Crippen LogP contribution in [0.5, 0.6) is 0 Å². The highest BCUT2D eigenvalue weighted by atomic mass is 32.2. The van der Waals surface area contributed by atoms with Crippen molar-refractivity contribution in [3.8, 4) is 0 Å². The van der Waals surface area contributed by atoms with Crippen LogP contribution < -0.4 is 10.0 Å². The van der Waals surface area contributed by atoms with Gasteiger partial charge < -0.3 is 10.1 Å². The molecule has 1 aromatic heterocycles. The third kappa shape index (κ3) is 5.34. The van der Waals surface area contributed by atoms with Gasteiger partial charge in [0, 0.05) is 19.3 Å². The van der Waals surface area contributed by atoms with E-state index in [4.69, 9.17) is 4.74 Å². The largest absolute Gasteiger partial charge is 0.383 e. The van der Waals surface area contributed by atoms with E-state index in [0.717, 1.165) is 16.9 Å². The molecule has 0 atom stereocenters. The molecule has 2 rings (SSSR count). The number of benzene rings is 1. The van der Waals surface area contributed by atoms with Gasteiger partial charge in [-0.05, 0) is 29.1 Å². The lowest BCUT2D eigenvalue weighted by atomic mass is 10.1. The minimum atomic E-state index is -3.55. The van der Waals surface area contributed by atoms with Crippen LogP contribution >= 0.6 is 11.3 Å². The van der Waals surface area contributed by atoms with Crippen molar-refractivity contribution in [2.45, 2.75) is 10.6 Å². The van der Waals surface area contributed by atoms with Gasteiger partial charge in [-0.2, -0.15) is 0 Å². The second-order valence-electron chi connectivity index (χ2n) is 4.75. The van der Waals surface area contributed by atoms with Crippen LogP contribution in [0, 0.1) is 0 Å². The van der Waals surface area contributed by atoms with Crippen molar-refractivity contribution >= 4 is 33.0 Å². The van der Waals surface area contributed by atoms with E-state index in [0.29, 0.717) is 18.8 Å². The Bertz CT molecular complexity index is 725. The average molecular weight is 354 g/mol. The second kappa shape index (κ2) is 8.09. The van der Waals surface area contributed by atoms with Crippen LogP contribution in [0.2, 0.25) is 0 Å². The molecule has 0 saturated heterocycles. The van der Waals surface area contributed by atoms with Gasteiger partial charge >= 0.3 is 0 Å². The summed E-state index contributed by atoms with van der Waals surface area (Å²) >= 11 is 1.16. The van der Waals surface area contributed by atoms with Crippen LogP contribution in [-0.2, 0) is 26.0 Å². The fourth-order valence-corrected chi connectivity index (χ4v) is 3.90. The first-order valence-corrected chi connectivity index (χ1v) is 9.28. The molecule has 0 aliphatic carbocycles. The molecule has 0 fully saturated rings. The van der Waals surface area contributed by atoms with Crippen molar-refractivity contribution in [1.29, 1.82) is 0 Å². The monoisotopic (exact) mass is 354 g/mol. The second-order valence-corrected chi connectivity index (χ2v) is 7.61. The molecular weight excluding hydrogens is 336 g/mol. The van der Waals surface area contributed by atoms with E-state index in [-0.39, 0.29) is 16.5 Å². The summed E-state index contributed by atoms with van der Waals surface area (Å²) in [6, 6.07) is 9.96. The van der Waals surface area contributed by atoms with Gasteiger partial charge in [0.05, 0.1) is 13.0 Å². The number of thiophene rings is 1. The molecule has 2 aromatic rings. The van der Waals surface area contributed by atoms with E-state index in [9.17, 15) is 13.2 Å². The van der Waals surface area contributed by atoms with E-state index in [2.05, 4.69) is 10.0 Å². The number of carbonyl (C=O) groups is 1. The Balaban J connectivity index is 1.93. The molecule has 0 aliphatic rings. The first kappa shape index (κ1) is 17.5. The molecule has 0 aliphatic heterocycles. The summed E-state index contributed by atoms with van der Waals surface area (Å²) < 4.78 is 31.8. The van der Waals surface area contributed by atoms with Gasteiger partial charge in [0.1, 0.15) is 4.21 Å². The SMILES string of the molecule is COCCNC(=O)Cc1ccc(NS(=O)(=O)c2cccs2)cc1. The fraction of sp³-hybridized carbons (Fsp3) is 0.267. The molecule has 1 amide bonds. The third-order valence-corrected chi connectivity index (χ3v) is 5.74. The maximum Gasteiger partial charge on any atom is 0.271 e. The molecule has 0 spiro atoms. The van der Waals surface area contributed by atoms with Crippen LogP contribution in [-0.4, -0.2) is 34.6 Å². The zero-order chi connectivity index (χ0) is 16.7. The van der Waals surface area contributed by atoms with Crippen molar-refractivity contribution in [2.75, 3.05) is 25.0 Å². The van der Waals surface area contributed by atoms with Gasteiger partial charge in [-0.25, -0.2) is 8.42 Å². The van der Waals surface area contributed by atoms with Crippen LogP contribution in [0.1, 0.15) is 5.56 Å². The predicted molar refractivity (Wildman–Crippen MR) is 90.2 cm³/mol. The highest BCUT2D eigenvalue weighted by Gasteiger charge is 2.15. The van der Waals surface area contributed by atoms with Crippen molar-refractivity contribution in [3.63, 3.8) is 0 Å². The van der Waals surface area contributed by atoms with E-state index < -0.39 is 10.0 Å². The van der Waals surface area contributed by atoms with E-state index >= 15 is 0 Å². The fourth-order valence-electron chi connectivity index (χ4n) is 1.85. The summed E-state index contributed by atoms with van der Waals surface area (Å²) in [5.41, 5.74) is 1.26. The third-order valence-electron chi connectivity index (χ3n) is 2.96. The zero-order valence-electron chi connectivity index (χ0n) is 12.6. The lowest BCUT2D eigenvalue weighted by Crippen LogP contribution is -2.28. The van der Waals surface area contributed by atoms with Crippen molar-refractivity contribution in [3.05, 3.63) is 47.3 Å². The molecule has 124 valence electrons. The number of methoxy groups -OCH3 is 1. The number of hydrogen-bond donors (Lipinski definition) is 2. The lowest BCUT2D eigenvalue weighted by molar-refractivity contribution is -0.120. The van der Waals surface area contributed by atoms with Gasteiger partial charge in [0.25, 0.3) is 10.0 Å². The minimum absolute atomic E-state index is 0.103. The molecular formula is C15H18N2O4S2. The summed E-state index contributed by atoms with van der Waals surface area (Å²) in [6.45, 7) is 0.934. The van der Waals surface area contributed by atoms with E-state index in [1.54, 1.807) is 48.9 Å². The molecule has 1 aromatic carbocycles. The number of nitrogens with one attached hydrogen (secondary N) is 2. The number of sulfonamides is 1. The quantitative estimate of drug-likeness (QED) is 0.709. The van der Waals surface area contributed by atoms with Crippen LogP contribution in [0.4, 0.5) is 5.69 Å². The van der Waals surface area contributed by atoms with Gasteiger partial charge in [-0.3, -0.25) is 9.52 Å². The molecule has 23 heavy (non-hydrogen) atoms. The molecule has 0 unspecified atom stereocenters.